The van der Waals surface area contributed by atoms with Crippen LogP contribution < -0.4 is 0 Å². The van der Waals surface area contributed by atoms with Crippen molar-refractivity contribution in [3.8, 4) is 0 Å². The van der Waals surface area contributed by atoms with Gasteiger partial charge in [-0.2, -0.15) is 0 Å². The number of aliphatic hydroxyl groups is 1. The third-order valence-corrected chi connectivity index (χ3v) is 7.81. The van der Waals surface area contributed by atoms with E-state index in [4.69, 9.17) is 4.74 Å². The first kappa shape index (κ1) is 18.4. The zero-order valence-electron chi connectivity index (χ0n) is 17.3. The van der Waals surface area contributed by atoms with Gasteiger partial charge in [0.2, 0.25) is 0 Å². The molecule has 4 aliphatic rings. The van der Waals surface area contributed by atoms with E-state index in [0.29, 0.717) is 24.5 Å². The lowest BCUT2D eigenvalue weighted by molar-refractivity contribution is 0.0332. The van der Waals surface area contributed by atoms with Crippen molar-refractivity contribution in [2.75, 3.05) is 46.0 Å². The summed E-state index contributed by atoms with van der Waals surface area (Å²) < 4.78 is 5.55. The highest BCUT2D eigenvalue weighted by Crippen LogP contribution is 2.47. The first-order valence-electron chi connectivity index (χ1n) is 11.6. The van der Waals surface area contributed by atoms with Crippen molar-refractivity contribution in [3.63, 3.8) is 0 Å². The number of hydrogen-bond acceptors (Lipinski definition) is 4. The van der Waals surface area contributed by atoms with E-state index in [2.05, 4.69) is 33.0 Å². The summed E-state index contributed by atoms with van der Waals surface area (Å²) in [5.74, 6) is 1.87. The molecule has 2 saturated heterocycles. The van der Waals surface area contributed by atoms with E-state index in [1.165, 1.54) is 41.5 Å². The van der Waals surface area contributed by atoms with E-state index in [1.54, 1.807) is 5.56 Å². The number of morpholine rings is 1. The number of rotatable bonds is 5. The Balaban J connectivity index is 1.38. The molecule has 3 atom stereocenters. The molecule has 0 spiro atoms. The fourth-order valence-electron chi connectivity index (χ4n) is 6.15. The molecule has 156 valence electrons. The number of benzene rings is 1. The summed E-state index contributed by atoms with van der Waals surface area (Å²) in [6, 6.07) is 7.44. The normalized spacial score (nSPS) is 30.6. The van der Waals surface area contributed by atoms with Crippen LogP contribution in [0.25, 0.3) is 10.9 Å². The minimum Gasteiger partial charge on any atom is -0.396 e. The number of H-pyrrole nitrogens is 1. The average molecular weight is 396 g/mol. The van der Waals surface area contributed by atoms with Crippen LogP contribution in [0.3, 0.4) is 0 Å². The molecule has 6 rings (SSSR count). The van der Waals surface area contributed by atoms with Gasteiger partial charge in [-0.15, -0.1) is 0 Å². The Hall–Kier alpha value is -1.40. The van der Waals surface area contributed by atoms with Crippen LogP contribution in [0.15, 0.2) is 18.2 Å². The quantitative estimate of drug-likeness (QED) is 0.817. The first-order chi connectivity index (χ1) is 14.3. The number of likely N-dealkylation sites (tertiary alicyclic amines) is 1. The predicted octanol–water partition coefficient (Wildman–Crippen LogP) is 2.73. The molecule has 2 aliphatic heterocycles. The average Bonchev–Trinajstić information content (AvgIpc) is 3.51. The highest BCUT2D eigenvalue weighted by molar-refractivity contribution is 5.89. The molecule has 1 saturated carbocycles. The number of aromatic amines is 1. The highest BCUT2D eigenvalue weighted by Gasteiger charge is 2.42. The van der Waals surface area contributed by atoms with Crippen molar-refractivity contribution in [2.45, 2.75) is 44.2 Å². The summed E-state index contributed by atoms with van der Waals surface area (Å²) >= 11 is 0. The molecule has 2 aromatic rings. The Morgan fingerprint density at radius 3 is 2.79 bits per heavy atom. The van der Waals surface area contributed by atoms with Crippen LogP contribution in [0.2, 0.25) is 0 Å². The Labute approximate surface area is 173 Å². The van der Waals surface area contributed by atoms with Crippen LogP contribution >= 0.6 is 0 Å². The molecule has 5 heteroatoms. The molecular formula is C24H33N3O2. The SMILES string of the molecule is OC[C@@H]1CC2c3cccc4[nH]c(CN5CCOCC5)c(c34)C[C@H]2N(CC2CC2)C1. The van der Waals surface area contributed by atoms with Crippen LogP contribution in [0.4, 0.5) is 0 Å². The molecule has 0 radical (unpaired) electrons. The van der Waals surface area contributed by atoms with Gasteiger partial charge < -0.3 is 14.8 Å². The molecule has 3 fully saturated rings. The predicted molar refractivity (Wildman–Crippen MR) is 114 cm³/mol. The van der Waals surface area contributed by atoms with E-state index in [1.807, 2.05) is 0 Å². The second-order valence-electron chi connectivity index (χ2n) is 9.80. The lowest BCUT2D eigenvalue weighted by Crippen LogP contribution is -2.51. The minimum absolute atomic E-state index is 0.322. The molecule has 2 N–H and O–H groups in total. The highest BCUT2D eigenvalue weighted by atomic mass is 16.5. The molecule has 3 heterocycles. The van der Waals surface area contributed by atoms with Crippen molar-refractivity contribution < 1.29 is 9.84 Å². The van der Waals surface area contributed by atoms with Crippen molar-refractivity contribution >= 4 is 10.9 Å². The van der Waals surface area contributed by atoms with E-state index < -0.39 is 0 Å². The number of hydrogen-bond donors (Lipinski definition) is 2. The lowest BCUT2D eigenvalue weighted by atomic mass is 9.72. The summed E-state index contributed by atoms with van der Waals surface area (Å²) in [6.07, 6.45) is 5.08. The summed E-state index contributed by atoms with van der Waals surface area (Å²) in [5, 5.41) is 11.5. The van der Waals surface area contributed by atoms with E-state index in [9.17, 15) is 5.11 Å². The largest absolute Gasteiger partial charge is 0.396 e. The Morgan fingerprint density at radius 1 is 1.14 bits per heavy atom. The van der Waals surface area contributed by atoms with Crippen LogP contribution in [-0.2, 0) is 17.7 Å². The summed E-state index contributed by atoms with van der Waals surface area (Å²) in [7, 11) is 0. The molecule has 5 nitrogen and oxygen atoms in total. The molecule has 2 aliphatic carbocycles. The van der Waals surface area contributed by atoms with Crippen LogP contribution in [0.5, 0.6) is 0 Å². The third kappa shape index (κ3) is 3.32. The lowest BCUT2D eigenvalue weighted by Gasteiger charge is -2.47. The van der Waals surface area contributed by atoms with Gasteiger partial charge in [0.05, 0.1) is 13.2 Å². The molecule has 1 aromatic heterocycles. The number of nitrogens with zero attached hydrogens (tertiary/aromatic N) is 2. The zero-order chi connectivity index (χ0) is 19.4. The number of fused-ring (bicyclic) bond motifs is 2. The molecule has 29 heavy (non-hydrogen) atoms. The summed E-state index contributed by atoms with van der Waals surface area (Å²) in [4.78, 5) is 9.07. The smallest absolute Gasteiger partial charge is 0.0594 e. The Kier molecular flexibility index (Phi) is 4.68. The van der Waals surface area contributed by atoms with Crippen molar-refractivity contribution in [3.05, 3.63) is 35.0 Å². The second-order valence-corrected chi connectivity index (χ2v) is 9.80. The summed E-state index contributed by atoms with van der Waals surface area (Å²) in [5.41, 5.74) is 5.81. The molecular weight excluding hydrogens is 362 g/mol. The molecule has 0 bridgehead atoms. The maximum atomic E-state index is 9.98. The van der Waals surface area contributed by atoms with Gasteiger partial charge >= 0.3 is 0 Å². The van der Waals surface area contributed by atoms with Crippen LogP contribution in [0, 0.1) is 11.8 Å². The van der Waals surface area contributed by atoms with Crippen molar-refractivity contribution in [1.29, 1.82) is 0 Å². The topological polar surface area (TPSA) is 51.7 Å². The van der Waals surface area contributed by atoms with Gasteiger partial charge in [-0.25, -0.2) is 0 Å². The number of piperidine rings is 1. The number of aliphatic hydroxyl groups excluding tert-OH is 1. The van der Waals surface area contributed by atoms with E-state index >= 15 is 0 Å². The standard InChI is InChI=1S/C24H33N3O2/c28-15-17-10-19-18-2-1-3-21-24(18)20(11-23(19)27(13-17)12-16-4-5-16)22(25-21)14-26-6-8-29-9-7-26/h1-3,16-17,19,23,25,28H,4-15H2/t17-,19?,23-/m1/s1. The zero-order valence-corrected chi connectivity index (χ0v) is 17.3. The van der Waals surface area contributed by atoms with Crippen LogP contribution in [0.1, 0.15) is 42.0 Å². The Bertz CT molecular complexity index is 884. The minimum atomic E-state index is 0.322. The van der Waals surface area contributed by atoms with E-state index in [0.717, 1.165) is 58.2 Å². The number of ether oxygens (including phenoxy) is 1. The third-order valence-electron chi connectivity index (χ3n) is 7.81. The van der Waals surface area contributed by atoms with Gasteiger partial charge in [0, 0.05) is 67.9 Å². The van der Waals surface area contributed by atoms with Gasteiger partial charge in [-0.3, -0.25) is 9.80 Å². The van der Waals surface area contributed by atoms with Gasteiger partial charge in [0.25, 0.3) is 0 Å². The maximum absolute atomic E-state index is 9.98. The van der Waals surface area contributed by atoms with Gasteiger partial charge in [0.15, 0.2) is 0 Å². The van der Waals surface area contributed by atoms with Gasteiger partial charge in [-0.1, -0.05) is 12.1 Å². The van der Waals surface area contributed by atoms with Crippen LogP contribution in [-0.4, -0.2) is 71.9 Å². The first-order valence-corrected chi connectivity index (χ1v) is 11.6. The molecule has 1 aromatic carbocycles. The van der Waals surface area contributed by atoms with Crippen molar-refractivity contribution in [2.24, 2.45) is 11.8 Å². The van der Waals surface area contributed by atoms with Crippen molar-refractivity contribution in [1.82, 2.24) is 14.8 Å². The number of nitrogens with one attached hydrogen (secondary N) is 1. The number of aromatic nitrogens is 1. The fourth-order valence-corrected chi connectivity index (χ4v) is 6.15. The Morgan fingerprint density at radius 2 is 2.00 bits per heavy atom. The van der Waals surface area contributed by atoms with Gasteiger partial charge in [0.1, 0.15) is 0 Å². The van der Waals surface area contributed by atoms with E-state index in [-0.39, 0.29) is 0 Å². The molecule has 1 unspecified atom stereocenters. The fraction of sp³-hybridized carbons (Fsp3) is 0.667. The summed E-state index contributed by atoms with van der Waals surface area (Å²) in [6.45, 7) is 7.38. The second kappa shape index (κ2) is 7.38. The monoisotopic (exact) mass is 395 g/mol. The maximum Gasteiger partial charge on any atom is 0.0594 e. The van der Waals surface area contributed by atoms with Gasteiger partial charge in [-0.05, 0) is 54.7 Å². The molecule has 0 amide bonds.